The van der Waals surface area contributed by atoms with E-state index in [-0.39, 0.29) is 17.0 Å². The van der Waals surface area contributed by atoms with Crippen LogP contribution in [-0.4, -0.2) is 10.9 Å². The van der Waals surface area contributed by atoms with Crippen LogP contribution in [-0.2, 0) is 6.42 Å². The van der Waals surface area contributed by atoms with Gasteiger partial charge in [-0.2, -0.15) is 0 Å². The summed E-state index contributed by atoms with van der Waals surface area (Å²) in [6, 6.07) is 12.9. The lowest BCUT2D eigenvalue weighted by molar-refractivity contribution is 0.102. The minimum absolute atomic E-state index is 0.00433. The number of anilines is 1. The van der Waals surface area contributed by atoms with E-state index in [0.717, 1.165) is 24.8 Å². The molecule has 0 aliphatic heterocycles. The molecule has 0 spiro atoms. The third-order valence-electron chi connectivity index (χ3n) is 4.80. The highest BCUT2D eigenvalue weighted by atomic mass is 16.2. The van der Waals surface area contributed by atoms with Gasteiger partial charge >= 0.3 is 0 Å². The highest BCUT2D eigenvalue weighted by Crippen LogP contribution is 2.30. The topological polar surface area (TPSA) is 88.0 Å². The summed E-state index contributed by atoms with van der Waals surface area (Å²) in [6.07, 6.45) is 4.52. The van der Waals surface area contributed by atoms with Gasteiger partial charge in [-0.3, -0.25) is 9.59 Å². The van der Waals surface area contributed by atoms with E-state index in [4.69, 9.17) is 5.73 Å². The molecule has 4 rings (SSSR count). The third kappa shape index (κ3) is 2.83. The number of benzene rings is 2. The van der Waals surface area contributed by atoms with Crippen molar-refractivity contribution in [3.8, 4) is 0 Å². The number of fused-ring (bicyclic) bond motifs is 2. The van der Waals surface area contributed by atoms with Gasteiger partial charge in [-0.25, -0.2) is 0 Å². The number of pyridine rings is 1. The summed E-state index contributed by atoms with van der Waals surface area (Å²) in [7, 11) is 0. The molecule has 1 aliphatic carbocycles. The molecule has 0 saturated carbocycles. The maximum absolute atomic E-state index is 12.6. The highest BCUT2D eigenvalue weighted by Gasteiger charge is 2.18. The monoisotopic (exact) mass is 333 g/mol. The molecule has 1 unspecified atom stereocenters. The van der Waals surface area contributed by atoms with Gasteiger partial charge in [0.1, 0.15) is 5.56 Å². The molecule has 126 valence electrons. The Hall–Kier alpha value is -2.92. The fraction of sp³-hybridized carbons (Fsp3) is 0.200. The van der Waals surface area contributed by atoms with Crippen molar-refractivity contribution in [2.24, 2.45) is 5.73 Å². The molecule has 2 aromatic carbocycles. The van der Waals surface area contributed by atoms with Crippen LogP contribution in [0.2, 0.25) is 0 Å². The third-order valence-corrected chi connectivity index (χ3v) is 4.80. The molecule has 1 atom stereocenters. The van der Waals surface area contributed by atoms with E-state index in [2.05, 4.69) is 10.3 Å². The van der Waals surface area contributed by atoms with Crippen LogP contribution in [0.5, 0.6) is 0 Å². The molecule has 5 heteroatoms. The van der Waals surface area contributed by atoms with Crippen molar-refractivity contribution in [3.63, 3.8) is 0 Å². The summed E-state index contributed by atoms with van der Waals surface area (Å²) < 4.78 is 0. The number of para-hydroxylation sites is 1. The van der Waals surface area contributed by atoms with Crippen LogP contribution in [0.15, 0.2) is 53.5 Å². The second kappa shape index (κ2) is 6.18. The van der Waals surface area contributed by atoms with E-state index in [1.165, 1.54) is 11.8 Å². The fourth-order valence-electron chi connectivity index (χ4n) is 3.45. The number of aromatic nitrogens is 1. The van der Waals surface area contributed by atoms with Crippen molar-refractivity contribution in [1.82, 2.24) is 4.98 Å². The molecule has 1 aromatic heterocycles. The Labute approximate surface area is 144 Å². The number of hydrogen-bond acceptors (Lipinski definition) is 3. The minimum atomic E-state index is -0.420. The van der Waals surface area contributed by atoms with Gasteiger partial charge in [-0.1, -0.05) is 18.2 Å². The van der Waals surface area contributed by atoms with E-state index in [9.17, 15) is 9.59 Å². The second-order valence-electron chi connectivity index (χ2n) is 6.44. The first-order valence-electron chi connectivity index (χ1n) is 8.43. The van der Waals surface area contributed by atoms with Crippen LogP contribution in [0.25, 0.3) is 10.9 Å². The van der Waals surface area contributed by atoms with Crippen molar-refractivity contribution in [1.29, 1.82) is 0 Å². The van der Waals surface area contributed by atoms with Gasteiger partial charge in [0.2, 0.25) is 5.43 Å². The zero-order valence-electron chi connectivity index (χ0n) is 13.7. The summed E-state index contributed by atoms with van der Waals surface area (Å²) in [5, 5.41) is 3.32. The first-order chi connectivity index (χ1) is 12.1. The summed E-state index contributed by atoms with van der Waals surface area (Å²) in [4.78, 5) is 28.1. The van der Waals surface area contributed by atoms with Crippen LogP contribution in [0.4, 0.5) is 5.69 Å². The van der Waals surface area contributed by atoms with Crippen molar-refractivity contribution in [2.45, 2.75) is 25.3 Å². The van der Waals surface area contributed by atoms with Gasteiger partial charge < -0.3 is 16.0 Å². The van der Waals surface area contributed by atoms with Crippen molar-refractivity contribution < 1.29 is 4.79 Å². The Morgan fingerprint density at radius 2 is 2.04 bits per heavy atom. The van der Waals surface area contributed by atoms with Gasteiger partial charge in [0.15, 0.2) is 0 Å². The van der Waals surface area contributed by atoms with Crippen LogP contribution in [0.1, 0.15) is 40.4 Å². The molecule has 0 bridgehead atoms. The van der Waals surface area contributed by atoms with Gasteiger partial charge in [0.25, 0.3) is 5.91 Å². The van der Waals surface area contributed by atoms with Crippen LogP contribution in [0, 0.1) is 0 Å². The van der Waals surface area contributed by atoms with E-state index in [0.29, 0.717) is 16.6 Å². The van der Waals surface area contributed by atoms with E-state index in [1.54, 1.807) is 12.1 Å². The predicted molar refractivity (Wildman–Crippen MR) is 98.8 cm³/mol. The number of aryl methyl sites for hydroxylation is 1. The molecule has 1 aliphatic rings. The maximum Gasteiger partial charge on any atom is 0.261 e. The SMILES string of the molecule is NC1CCCc2ccc(NC(=O)c3c[nH]c4ccccc4c3=O)cc21. The number of aromatic amines is 1. The summed E-state index contributed by atoms with van der Waals surface area (Å²) >= 11 is 0. The molecule has 4 N–H and O–H groups in total. The first-order valence-corrected chi connectivity index (χ1v) is 8.43. The minimum Gasteiger partial charge on any atom is -0.360 e. The molecular weight excluding hydrogens is 314 g/mol. The molecule has 5 nitrogen and oxygen atoms in total. The van der Waals surface area contributed by atoms with E-state index < -0.39 is 5.91 Å². The summed E-state index contributed by atoms with van der Waals surface area (Å²) in [5.74, 6) is -0.420. The van der Waals surface area contributed by atoms with Gasteiger partial charge in [0, 0.05) is 28.8 Å². The molecule has 0 fully saturated rings. The van der Waals surface area contributed by atoms with Crippen LogP contribution < -0.4 is 16.5 Å². The number of rotatable bonds is 2. The second-order valence-corrected chi connectivity index (χ2v) is 6.44. The van der Waals surface area contributed by atoms with E-state index in [1.807, 2.05) is 30.3 Å². The van der Waals surface area contributed by atoms with Gasteiger partial charge in [-0.05, 0) is 54.7 Å². The Kier molecular flexibility index (Phi) is 3.86. The zero-order chi connectivity index (χ0) is 17.4. The predicted octanol–water partition coefficient (Wildman–Crippen LogP) is 3.12. The van der Waals surface area contributed by atoms with Crippen LogP contribution >= 0.6 is 0 Å². The Morgan fingerprint density at radius 3 is 2.92 bits per heavy atom. The van der Waals surface area contributed by atoms with Crippen molar-refractivity contribution in [2.75, 3.05) is 5.32 Å². The smallest absolute Gasteiger partial charge is 0.261 e. The lowest BCUT2D eigenvalue weighted by Gasteiger charge is -2.23. The summed E-state index contributed by atoms with van der Waals surface area (Å²) in [5.41, 5.74) is 9.69. The Morgan fingerprint density at radius 1 is 1.20 bits per heavy atom. The molecular formula is C20H19N3O2. The molecule has 1 amide bonds. The van der Waals surface area contributed by atoms with Crippen molar-refractivity contribution >= 4 is 22.5 Å². The molecule has 0 radical (unpaired) electrons. The highest BCUT2D eigenvalue weighted by molar-refractivity contribution is 6.05. The molecule has 25 heavy (non-hydrogen) atoms. The number of amides is 1. The molecule has 3 aromatic rings. The number of hydrogen-bond donors (Lipinski definition) is 3. The van der Waals surface area contributed by atoms with E-state index >= 15 is 0 Å². The maximum atomic E-state index is 12.6. The lowest BCUT2D eigenvalue weighted by Crippen LogP contribution is -2.22. The average molecular weight is 333 g/mol. The average Bonchev–Trinajstić information content (AvgIpc) is 2.63. The lowest BCUT2D eigenvalue weighted by atomic mass is 9.88. The fourth-order valence-corrected chi connectivity index (χ4v) is 3.45. The van der Waals surface area contributed by atoms with Gasteiger partial charge in [0.05, 0.1) is 0 Å². The number of carbonyl (C=O) groups excluding carboxylic acids is 1. The summed E-state index contributed by atoms with van der Waals surface area (Å²) in [6.45, 7) is 0. The number of nitrogens with two attached hydrogens (primary N) is 1. The standard InChI is InChI=1S/C20H19N3O2/c21-17-6-3-4-12-8-9-13(10-15(12)17)23-20(25)16-11-22-18-7-2-1-5-14(18)19(16)24/h1-2,5,7-11,17H,3-4,6,21H2,(H,22,24)(H,23,25). The Balaban J connectivity index is 1.66. The molecule has 1 heterocycles. The zero-order valence-corrected chi connectivity index (χ0v) is 13.7. The largest absolute Gasteiger partial charge is 0.360 e. The quantitative estimate of drug-likeness (QED) is 0.673. The first kappa shape index (κ1) is 15.6. The number of H-pyrrole nitrogens is 1. The van der Waals surface area contributed by atoms with Crippen molar-refractivity contribution in [3.05, 3.63) is 75.6 Å². The molecule has 0 saturated heterocycles. The van der Waals surface area contributed by atoms with Crippen LogP contribution in [0.3, 0.4) is 0 Å². The number of carbonyl (C=O) groups is 1. The normalized spacial score (nSPS) is 16.4. The number of nitrogens with one attached hydrogen (secondary N) is 2. The Bertz CT molecular complexity index is 1020. The van der Waals surface area contributed by atoms with Gasteiger partial charge in [-0.15, -0.1) is 0 Å².